The Labute approximate surface area is 102 Å². The van der Waals surface area contributed by atoms with Crippen LogP contribution in [0.3, 0.4) is 0 Å². The van der Waals surface area contributed by atoms with E-state index in [1.54, 1.807) is 19.3 Å². The molecule has 0 atom stereocenters. The monoisotopic (exact) mass is 236 g/mol. The zero-order chi connectivity index (χ0) is 13.1. The number of amides is 1. The minimum Gasteiger partial charge on any atom is -0.352 e. The van der Waals surface area contributed by atoms with Gasteiger partial charge in [0.05, 0.1) is 5.56 Å². The normalized spacial score (nSPS) is 11.3. The molecular weight excluding hydrogens is 216 g/mol. The molecule has 1 amide bonds. The average molecular weight is 236 g/mol. The minimum absolute atomic E-state index is 0.115. The predicted octanol–water partition coefficient (Wildman–Crippen LogP) is 1.55. The van der Waals surface area contributed by atoms with Crippen LogP contribution in [0.15, 0.2) is 23.1 Å². The molecule has 0 spiro atoms. The Kier molecular flexibility index (Phi) is 4.10. The summed E-state index contributed by atoms with van der Waals surface area (Å²) in [5, 5.41) is 2.85. The lowest BCUT2D eigenvalue weighted by Gasteiger charge is -2.18. The Morgan fingerprint density at radius 1 is 1.35 bits per heavy atom. The number of hydrogen-bond donors (Lipinski definition) is 1. The molecule has 1 rings (SSSR count). The Morgan fingerprint density at radius 2 is 2.00 bits per heavy atom. The van der Waals surface area contributed by atoms with Gasteiger partial charge in [0.1, 0.15) is 0 Å². The highest BCUT2D eigenvalue weighted by Crippen LogP contribution is 2.16. The van der Waals surface area contributed by atoms with Crippen molar-refractivity contribution in [3.63, 3.8) is 0 Å². The van der Waals surface area contributed by atoms with Crippen molar-refractivity contribution in [2.75, 3.05) is 6.54 Å². The van der Waals surface area contributed by atoms with E-state index in [0.29, 0.717) is 12.1 Å². The van der Waals surface area contributed by atoms with Crippen molar-refractivity contribution in [3.8, 4) is 0 Å². The van der Waals surface area contributed by atoms with Gasteiger partial charge >= 0.3 is 0 Å². The smallest absolute Gasteiger partial charge is 0.252 e. The molecule has 4 heteroatoms. The molecule has 0 bridgehead atoms. The van der Waals surface area contributed by atoms with Gasteiger partial charge in [0, 0.05) is 25.9 Å². The Morgan fingerprint density at radius 3 is 2.53 bits per heavy atom. The second kappa shape index (κ2) is 5.17. The lowest BCUT2D eigenvalue weighted by molar-refractivity contribution is 0.0948. The molecule has 0 aromatic carbocycles. The van der Waals surface area contributed by atoms with Crippen molar-refractivity contribution in [2.45, 2.75) is 27.2 Å². The number of nitrogens with zero attached hydrogens (tertiary/aromatic N) is 1. The van der Waals surface area contributed by atoms with Crippen LogP contribution in [0.5, 0.6) is 0 Å². The molecule has 0 fully saturated rings. The number of aromatic nitrogens is 1. The van der Waals surface area contributed by atoms with Gasteiger partial charge in [-0.2, -0.15) is 0 Å². The van der Waals surface area contributed by atoms with E-state index in [0.717, 1.165) is 6.42 Å². The van der Waals surface area contributed by atoms with Crippen LogP contribution in [0.25, 0.3) is 0 Å². The second-order valence-electron chi connectivity index (χ2n) is 5.43. The van der Waals surface area contributed by atoms with Crippen LogP contribution >= 0.6 is 0 Å². The molecule has 1 N–H and O–H groups in total. The highest BCUT2D eigenvalue weighted by Gasteiger charge is 2.11. The Balaban J connectivity index is 2.59. The van der Waals surface area contributed by atoms with Gasteiger partial charge in [0.2, 0.25) is 5.56 Å². The van der Waals surface area contributed by atoms with Crippen molar-refractivity contribution < 1.29 is 4.79 Å². The number of pyridine rings is 1. The molecule has 17 heavy (non-hydrogen) atoms. The van der Waals surface area contributed by atoms with Crippen LogP contribution in [-0.2, 0) is 7.05 Å². The maximum Gasteiger partial charge on any atom is 0.252 e. The Bertz CT molecular complexity index is 455. The van der Waals surface area contributed by atoms with Gasteiger partial charge in [0.15, 0.2) is 0 Å². The molecule has 0 saturated carbocycles. The number of aryl methyl sites for hydroxylation is 1. The summed E-state index contributed by atoms with van der Waals surface area (Å²) in [4.78, 5) is 22.9. The summed E-state index contributed by atoms with van der Waals surface area (Å²) in [7, 11) is 1.63. The predicted molar refractivity (Wildman–Crippen MR) is 68.1 cm³/mol. The van der Waals surface area contributed by atoms with E-state index >= 15 is 0 Å². The number of carbonyl (C=O) groups excluding carboxylic acids is 1. The maximum atomic E-state index is 11.8. The van der Waals surface area contributed by atoms with Crippen LogP contribution in [0.2, 0.25) is 0 Å². The van der Waals surface area contributed by atoms with E-state index < -0.39 is 0 Å². The molecular formula is C13H20N2O2. The summed E-state index contributed by atoms with van der Waals surface area (Å²) in [6.45, 7) is 7.04. The first-order valence-corrected chi connectivity index (χ1v) is 5.74. The number of carbonyl (C=O) groups is 1. The van der Waals surface area contributed by atoms with Gasteiger partial charge in [-0.05, 0) is 17.9 Å². The highest BCUT2D eigenvalue weighted by molar-refractivity contribution is 5.93. The third-order valence-corrected chi connectivity index (χ3v) is 2.51. The fourth-order valence-corrected chi connectivity index (χ4v) is 1.38. The van der Waals surface area contributed by atoms with Gasteiger partial charge < -0.3 is 9.88 Å². The quantitative estimate of drug-likeness (QED) is 0.865. The fraction of sp³-hybridized carbons (Fsp3) is 0.538. The molecule has 0 saturated heterocycles. The van der Waals surface area contributed by atoms with E-state index in [1.807, 2.05) is 0 Å². The first-order chi connectivity index (χ1) is 7.79. The largest absolute Gasteiger partial charge is 0.352 e. The van der Waals surface area contributed by atoms with Crippen molar-refractivity contribution >= 4 is 5.91 Å². The van der Waals surface area contributed by atoms with Gasteiger partial charge in [-0.15, -0.1) is 0 Å². The van der Waals surface area contributed by atoms with E-state index in [1.165, 1.54) is 10.6 Å². The summed E-state index contributed by atoms with van der Waals surface area (Å²) < 4.78 is 1.40. The van der Waals surface area contributed by atoms with Crippen LogP contribution in [0, 0.1) is 5.41 Å². The fourth-order valence-electron chi connectivity index (χ4n) is 1.38. The number of nitrogens with one attached hydrogen (secondary N) is 1. The Hall–Kier alpha value is -1.58. The molecule has 0 aliphatic rings. The standard InChI is InChI=1S/C13H20N2O2/c1-13(2,3)7-8-14-12(17)10-5-6-11(16)15(4)9-10/h5-6,9H,7-8H2,1-4H3,(H,14,17). The maximum absolute atomic E-state index is 11.8. The highest BCUT2D eigenvalue weighted by atomic mass is 16.1. The van der Waals surface area contributed by atoms with Gasteiger partial charge in [-0.25, -0.2) is 0 Å². The van der Waals surface area contributed by atoms with Crippen molar-refractivity contribution in [1.82, 2.24) is 9.88 Å². The first-order valence-electron chi connectivity index (χ1n) is 5.74. The lowest BCUT2D eigenvalue weighted by atomic mass is 9.92. The summed E-state index contributed by atoms with van der Waals surface area (Å²) in [6, 6.07) is 2.95. The molecule has 4 nitrogen and oxygen atoms in total. The van der Waals surface area contributed by atoms with Gasteiger partial charge in [-0.1, -0.05) is 20.8 Å². The third-order valence-electron chi connectivity index (χ3n) is 2.51. The van der Waals surface area contributed by atoms with E-state index in [2.05, 4.69) is 26.1 Å². The summed E-state index contributed by atoms with van der Waals surface area (Å²) >= 11 is 0. The molecule has 1 heterocycles. The third kappa shape index (κ3) is 4.43. The first kappa shape index (κ1) is 13.5. The topological polar surface area (TPSA) is 51.1 Å². The van der Waals surface area contributed by atoms with E-state index in [4.69, 9.17) is 0 Å². The van der Waals surface area contributed by atoms with Crippen LogP contribution in [0.4, 0.5) is 0 Å². The van der Waals surface area contributed by atoms with Crippen molar-refractivity contribution in [1.29, 1.82) is 0 Å². The van der Waals surface area contributed by atoms with Crippen LogP contribution < -0.4 is 10.9 Å². The summed E-state index contributed by atoms with van der Waals surface area (Å²) in [6.07, 6.45) is 2.47. The summed E-state index contributed by atoms with van der Waals surface area (Å²) in [5.41, 5.74) is 0.605. The molecule has 0 radical (unpaired) electrons. The molecule has 0 aliphatic heterocycles. The van der Waals surface area contributed by atoms with Gasteiger partial charge in [0.25, 0.3) is 5.91 Å². The zero-order valence-electron chi connectivity index (χ0n) is 10.9. The van der Waals surface area contributed by atoms with Crippen molar-refractivity contribution in [3.05, 3.63) is 34.2 Å². The van der Waals surface area contributed by atoms with Crippen LogP contribution in [-0.4, -0.2) is 17.0 Å². The summed E-state index contributed by atoms with van der Waals surface area (Å²) in [5.74, 6) is -0.134. The van der Waals surface area contributed by atoms with Gasteiger partial charge in [-0.3, -0.25) is 9.59 Å². The van der Waals surface area contributed by atoms with Crippen LogP contribution in [0.1, 0.15) is 37.6 Å². The molecule has 1 aromatic rings. The number of rotatable bonds is 3. The molecule has 0 aliphatic carbocycles. The lowest BCUT2D eigenvalue weighted by Crippen LogP contribution is -2.28. The van der Waals surface area contributed by atoms with E-state index in [9.17, 15) is 9.59 Å². The SMILES string of the molecule is Cn1cc(C(=O)NCCC(C)(C)C)ccc1=O. The second-order valence-corrected chi connectivity index (χ2v) is 5.43. The van der Waals surface area contributed by atoms with Crippen molar-refractivity contribution in [2.24, 2.45) is 12.5 Å². The molecule has 1 aromatic heterocycles. The number of hydrogen-bond acceptors (Lipinski definition) is 2. The van der Waals surface area contributed by atoms with E-state index in [-0.39, 0.29) is 16.9 Å². The zero-order valence-corrected chi connectivity index (χ0v) is 10.9. The molecule has 0 unspecified atom stereocenters. The average Bonchev–Trinajstić information content (AvgIpc) is 2.20. The minimum atomic E-state index is -0.134. The molecule has 94 valence electrons.